The van der Waals surface area contributed by atoms with E-state index in [-0.39, 0.29) is 18.5 Å². The van der Waals surface area contributed by atoms with Crippen LogP contribution in [0.2, 0.25) is 0 Å². The maximum atomic E-state index is 12.8. The zero-order chi connectivity index (χ0) is 15.2. The molecule has 2 heterocycles. The summed E-state index contributed by atoms with van der Waals surface area (Å²) in [6.07, 6.45) is 4.44. The molecule has 1 saturated heterocycles. The van der Waals surface area contributed by atoms with E-state index in [1.54, 1.807) is 18.3 Å². The smallest absolute Gasteiger partial charge is 0.323 e. The van der Waals surface area contributed by atoms with E-state index < -0.39 is 5.97 Å². The van der Waals surface area contributed by atoms with E-state index in [0.29, 0.717) is 12.2 Å². The van der Waals surface area contributed by atoms with E-state index in [9.17, 15) is 9.59 Å². The number of hydrogen-bond donors (Lipinski definition) is 2. The number of aromatic nitrogens is 1. The predicted molar refractivity (Wildman–Crippen MR) is 79.3 cm³/mol. The first kappa shape index (κ1) is 15.6. The second-order valence-electron chi connectivity index (χ2n) is 5.39. The molecule has 1 aromatic heterocycles. The zero-order valence-electron chi connectivity index (χ0n) is 12.4. The molecule has 0 bridgehead atoms. The fourth-order valence-electron chi connectivity index (χ4n) is 2.85. The molecule has 1 amide bonds. The maximum absolute atomic E-state index is 12.8. The van der Waals surface area contributed by atoms with Crippen molar-refractivity contribution in [3.63, 3.8) is 0 Å². The molecule has 2 rings (SSSR count). The van der Waals surface area contributed by atoms with Crippen molar-refractivity contribution in [2.24, 2.45) is 0 Å². The first-order valence-corrected chi connectivity index (χ1v) is 7.52. The Morgan fingerprint density at radius 1 is 1.43 bits per heavy atom. The van der Waals surface area contributed by atoms with Gasteiger partial charge in [0.25, 0.3) is 5.91 Å². The van der Waals surface area contributed by atoms with Crippen molar-refractivity contribution in [2.75, 3.05) is 19.6 Å². The topological polar surface area (TPSA) is 74.6 Å². The molecule has 6 nitrogen and oxygen atoms in total. The van der Waals surface area contributed by atoms with Crippen LogP contribution in [0.25, 0.3) is 0 Å². The lowest BCUT2D eigenvalue weighted by Gasteiger charge is -2.34. The number of carbonyl (C=O) groups is 2. The number of nitrogens with zero attached hydrogens (tertiary/aromatic N) is 2. The van der Waals surface area contributed by atoms with Crippen LogP contribution in [0.5, 0.6) is 0 Å². The van der Waals surface area contributed by atoms with Gasteiger partial charge >= 0.3 is 5.97 Å². The van der Waals surface area contributed by atoms with Crippen molar-refractivity contribution in [1.29, 1.82) is 0 Å². The van der Waals surface area contributed by atoms with Crippen LogP contribution in [0.3, 0.4) is 0 Å². The highest BCUT2D eigenvalue weighted by Crippen LogP contribution is 2.17. The first-order chi connectivity index (χ1) is 10.1. The SMILES string of the molecule is CCCN(C(=O)c1cccn1CC(=O)O)C1CCNCC1. The number of aliphatic carboxylic acids is 1. The Kier molecular flexibility index (Phi) is 5.38. The van der Waals surface area contributed by atoms with Crippen molar-refractivity contribution in [2.45, 2.75) is 38.8 Å². The second kappa shape index (κ2) is 7.26. The van der Waals surface area contributed by atoms with Crippen molar-refractivity contribution >= 4 is 11.9 Å². The van der Waals surface area contributed by atoms with Gasteiger partial charge in [-0.15, -0.1) is 0 Å². The molecule has 1 aliphatic heterocycles. The molecule has 21 heavy (non-hydrogen) atoms. The molecule has 0 unspecified atom stereocenters. The average Bonchev–Trinajstić information content (AvgIpc) is 2.92. The Hall–Kier alpha value is -1.82. The molecule has 1 aromatic rings. The maximum Gasteiger partial charge on any atom is 0.323 e. The number of carbonyl (C=O) groups excluding carboxylic acids is 1. The normalized spacial score (nSPS) is 15.9. The van der Waals surface area contributed by atoms with Gasteiger partial charge in [-0.1, -0.05) is 6.92 Å². The van der Waals surface area contributed by atoms with Gasteiger partial charge in [-0.3, -0.25) is 9.59 Å². The van der Waals surface area contributed by atoms with Gasteiger partial charge in [0.2, 0.25) is 0 Å². The highest BCUT2D eigenvalue weighted by molar-refractivity contribution is 5.93. The Morgan fingerprint density at radius 3 is 2.76 bits per heavy atom. The van der Waals surface area contributed by atoms with E-state index in [0.717, 1.165) is 32.4 Å². The van der Waals surface area contributed by atoms with Gasteiger partial charge in [0.15, 0.2) is 0 Å². The molecule has 0 aromatic carbocycles. The van der Waals surface area contributed by atoms with Gasteiger partial charge in [-0.2, -0.15) is 0 Å². The monoisotopic (exact) mass is 293 g/mol. The molecule has 0 aliphatic carbocycles. The minimum absolute atomic E-state index is 0.0602. The van der Waals surface area contributed by atoms with Crippen LogP contribution in [0.4, 0.5) is 0 Å². The third kappa shape index (κ3) is 3.85. The van der Waals surface area contributed by atoms with E-state index >= 15 is 0 Å². The van der Waals surface area contributed by atoms with Crippen LogP contribution in [0.15, 0.2) is 18.3 Å². The van der Waals surface area contributed by atoms with Gasteiger partial charge in [-0.05, 0) is 44.5 Å². The lowest BCUT2D eigenvalue weighted by atomic mass is 10.0. The van der Waals surface area contributed by atoms with E-state index in [1.165, 1.54) is 4.57 Å². The summed E-state index contributed by atoms with van der Waals surface area (Å²) < 4.78 is 1.51. The minimum Gasteiger partial charge on any atom is -0.480 e. The van der Waals surface area contributed by atoms with Gasteiger partial charge in [0.05, 0.1) is 0 Å². The lowest BCUT2D eigenvalue weighted by molar-refractivity contribution is -0.137. The van der Waals surface area contributed by atoms with Crippen LogP contribution in [0, 0.1) is 0 Å². The third-order valence-corrected chi connectivity index (χ3v) is 3.83. The molecule has 2 N–H and O–H groups in total. The fourth-order valence-corrected chi connectivity index (χ4v) is 2.85. The molecule has 116 valence electrons. The summed E-state index contributed by atoms with van der Waals surface area (Å²) in [5.41, 5.74) is 0.462. The third-order valence-electron chi connectivity index (χ3n) is 3.83. The number of piperidine rings is 1. The second-order valence-corrected chi connectivity index (χ2v) is 5.39. The molecule has 0 radical (unpaired) electrons. The van der Waals surface area contributed by atoms with Crippen molar-refractivity contribution in [3.05, 3.63) is 24.0 Å². The number of carboxylic acid groups (broad SMARTS) is 1. The van der Waals surface area contributed by atoms with Crippen LogP contribution >= 0.6 is 0 Å². The van der Waals surface area contributed by atoms with Crippen molar-refractivity contribution < 1.29 is 14.7 Å². The Labute approximate surface area is 124 Å². The summed E-state index contributed by atoms with van der Waals surface area (Å²) in [6.45, 7) is 4.43. The molecule has 6 heteroatoms. The van der Waals surface area contributed by atoms with E-state index in [4.69, 9.17) is 5.11 Å². The molecule has 0 spiro atoms. The van der Waals surface area contributed by atoms with Crippen LogP contribution in [-0.4, -0.2) is 52.1 Å². The van der Waals surface area contributed by atoms with E-state index in [1.807, 2.05) is 4.90 Å². The predicted octanol–water partition coefficient (Wildman–Crippen LogP) is 1.18. The van der Waals surface area contributed by atoms with Gasteiger partial charge in [0, 0.05) is 18.8 Å². The van der Waals surface area contributed by atoms with Crippen molar-refractivity contribution in [1.82, 2.24) is 14.8 Å². The summed E-state index contributed by atoms with van der Waals surface area (Å²) in [4.78, 5) is 25.6. The summed E-state index contributed by atoms with van der Waals surface area (Å²) in [6, 6.07) is 3.67. The molecule has 0 atom stereocenters. The summed E-state index contributed by atoms with van der Waals surface area (Å²) in [5, 5.41) is 12.2. The van der Waals surface area contributed by atoms with Gasteiger partial charge in [0.1, 0.15) is 12.2 Å². The van der Waals surface area contributed by atoms with Gasteiger partial charge in [-0.25, -0.2) is 0 Å². The lowest BCUT2D eigenvalue weighted by Crippen LogP contribution is -2.47. The number of amides is 1. The standard InChI is InChI=1S/C15H23N3O3/c1-2-9-18(12-5-7-16-8-6-12)15(21)13-4-3-10-17(13)11-14(19)20/h3-4,10,12,16H,2,5-9,11H2,1H3,(H,19,20). The fraction of sp³-hybridized carbons (Fsp3) is 0.600. The zero-order valence-corrected chi connectivity index (χ0v) is 12.4. The molecular weight excluding hydrogens is 270 g/mol. The first-order valence-electron chi connectivity index (χ1n) is 7.52. The number of rotatable bonds is 6. The number of carboxylic acids is 1. The summed E-state index contributed by atoms with van der Waals surface area (Å²) in [5.74, 6) is -1.00. The largest absolute Gasteiger partial charge is 0.480 e. The number of nitrogens with one attached hydrogen (secondary N) is 1. The Bertz CT molecular complexity index is 492. The number of hydrogen-bond acceptors (Lipinski definition) is 3. The summed E-state index contributed by atoms with van der Waals surface area (Å²) in [7, 11) is 0. The van der Waals surface area contributed by atoms with Crippen LogP contribution in [0.1, 0.15) is 36.7 Å². The average molecular weight is 293 g/mol. The van der Waals surface area contributed by atoms with Crippen LogP contribution < -0.4 is 5.32 Å². The quantitative estimate of drug-likeness (QED) is 0.826. The Morgan fingerprint density at radius 2 is 2.14 bits per heavy atom. The molecular formula is C15H23N3O3. The van der Waals surface area contributed by atoms with Crippen LogP contribution in [-0.2, 0) is 11.3 Å². The molecule has 1 aliphatic rings. The van der Waals surface area contributed by atoms with Crippen molar-refractivity contribution in [3.8, 4) is 0 Å². The molecule has 0 saturated carbocycles. The summed E-state index contributed by atoms with van der Waals surface area (Å²) >= 11 is 0. The Balaban J connectivity index is 2.17. The highest BCUT2D eigenvalue weighted by atomic mass is 16.4. The van der Waals surface area contributed by atoms with E-state index in [2.05, 4.69) is 12.2 Å². The molecule has 1 fully saturated rings. The highest BCUT2D eigenvalue weighted by Gasteiger charge is 2.27. The minimum atomic E-state index is -0.941. The van der Waals surface area contributed by atoms with Gasteiger partial charge < -0.3 is 19.9 Å².